The Morgan fingerprint density at radius 1 is 1.43 bits per heavy atom. The molecular formula is C15H19ClN2O2S. The van der Waals surface area contributed by atoms with Crippen molar-refractivity contribution in [2.75, 3.05) is 25.5 Å². The number of nitrogens with one attached hydrogen (secondary N) is 1. The standard InChI is InChI=1S/C15H19ClN2O2S/c1-2-7-20-8-3-6-18-15(19)14-13(17)11-9-10(16)4-5-12(11)21-14/h4-5,9H,2-3,6-8,17H2,1H3,(H,18,19). The van der Waals surface area contributed by atoms with Gasteiger partial charge in [-0.15, -0.1) is 11.3 Å². The Balaban J connectivity index is 1.95. The van der Waals surface area contributed by atoms with Crippen molar-refractivity contribution >= 4 is 44.6 Å². The van der Waals surface area contributed by atoms with Crippen LogP contribution in [0.5, 0.6) is 0 Å². The highest BCUT2D eigenvalue weighted by Crippen LogP contribution is 2.35. The summed E-state index contributed by atoms with van der Waals surface area (Å²) >= 11 is 7.34. The Labute approximate surface area is 133 Å². The van der Waals surface area contributed by atoms with Gasteiger partial charge in [-0.3, -0.25) is 4.79 Å². The molecule has 0 saturated heterocycles. The molecule has 0 spiro atoms. The van der Waals surface area contributed by atoms with Crippen molar-refractivity contribution in [1.82, 2.24) is 5.32 Å². The van der Waals surface area contributed by atoms with Gasteiger partial charge in [0.1, 0.15) is 4.88 Å². The number of anilines is 1. The Morgan fingerprint density at radius 3 is 3.00 bits per heavy atom. The van der Waals surface area contributed by atoms with Crippen molar-refractivity contribution in [3.8, 4) is 0 Å². The number of carbonyl (C=O) groups excluding carboxylic acids is 1. The molecule has 114 valence electrons. The van der Waals surface area contributed by atoms with Gasteiger partial charge in [-0.25, -0.2) is 0 Å². The van der Waals surface area contributed by atoms with E-state index in [0.717, 1.165) is 29.5 Å². The van der Waals surface area contributed by atoms with E-state index in [9.17, 15) is 4.79 Å². The molecule has 0 radical (unpaired) electrons. The first-order valence-electron chi connectivity index (χ1n) is 6.97. The predicted octanol–water partition coefficient (Wildman–Crippen LogP) is 3.68. The monoisotopic (exact) mass is 326 g/mol. The fourth-order valence-electron chi connectivity index (χ4n) is 1.96. The average Bonchev–Trinajstić information content (AvgIpc) is 2.79. The van der Waals surface area contributed by atoms with Gasteiger partial charge < -0.3 is 15.8 Å². The number of rotatable bonds is 7. The number of carbonyl (C=O) groups is 1. The van der Waals surface area contributed by atoms with Crippen LogP contribution in [0.3, 0.4) is 0 Å². The molecule has 0 aliphatic heterocycles. The second-order valence-electron chi connectivity index (χ2n) is 4.71. The molecular weight excluding hydrogens is 308 g/mol. The first kappa shape index (κ1) is 16.1. The molecule has 0 unspecified atom stereocenters. The van der Waals surface area contributed by atoms with Gasteiger partial charge in [-0.2, -0.15) is 0 Å². The second-order valence-corrected chi connectivity index (χ2v) is 6.20. The maximum atomic E-state index is 12.2. The second kappa shape index (κ2) is 7.64. The van der Waals surface area contributed by atoms with E-state index in [-0.39, 0.29) is 5.91 Å². The molecule has 6 heteroatoms. The summed E-state index contributed by atoms with van der Waals surface area (Å²) < 4.78 is 6.33. The highest BCUT2D eigenvalue weighted by atomic mass is 35.5. The van der Waals surface area contributed by atoms with Gasteiger partial charge in [-0.05, 0) is 31.0 Å². The average molecular weight is 327 g/mol. The number of ether oxygens (including phenoxy) is 1. The zero-order valence-corrected chi connectivity index (χ0v) is 13.5. The zero-order chi connectivity index (χ0) is 15.2. The summed E-state index contributed by atoms with van der Waals surface area (Å²) in [4.78, 5) is 12.7. The molecule has 2 aromatic rings. The summed E-state index contributed by atoms with van der Waals surface area (Å²) in [6.07, 6.45) is 1.80. The summed E-state index contributed by atoms with van der Waals surface area (Å²) in [5.41, 5.74) is 6.54. The molecule has 0 bridgehead atoms. The van der Waals surface area contributed by atoms with Gasteiger partial charge >= 0.3 is 0 Å². The summed E-state index contributed by atoms with van der Waals surface area (Å²) in [6, 6.07) is 5.47. The normalized spacial score (nSPS) is 11.0. The largest absolute Gasteiger partial charge is 0.397 e. The first-order chi connectivity index (χ1) is 10.1. The SMILES string of the molecule is CCCOCCCNC(=O)c1sc2ccc(Cl)cc2c1N. The Kier molecular flexibility index (Phi) is 5.85. The van der Waals surface area contributed by atoms with Crippen LogP contribution in [0, 0.1) is 0 Å². The Morgan fingerprint density at radius 2 is 2.24 bits per heavy atom. The van der Waals surface area contributed by atoms with Crippen LogP contribution in [-0.2, 0) is 4.74 Å². The quantitative estimate of drug-likeness (QED) is 0.763. The third-order valence-corrected chi connectivity index (χ3v) is 4.41. The maximum Gasteiger partial charge on any atom is 0.263 e. The molecule has 1 heterocycles. The van der Waals surface area contributed by atoms with Gasteiger partial charge in [0.05, 0.1) is 5.69 Å². The molecule has 1 amide bonds. The molecule has 21 heavy (non-hydrogen) atoms. The lowest BCUT2D eigenvalue weighted by molar-refractivity contribution is 0.0946. The molecule has 1 aromatic carbocycles. The molecule has 0 aliphatic rings. The third-order valence-electron chi connectivity index (χ3n) is 2.99. The zero-order valence-electron chi connectivity index (χ0n) is 11.9. The minimum atomic E-state index is -0.139. The van der Waals surface area contributed by atoms with Gasteiger partial charge in [0.15, 0.2) is 0 Å². The summed E-state index contributed by atoms with van der Waals surface area (Å²) in [7, 11) is 0. The number of hydrogen-bond acceptors (Lipinski definition) is 4. The highest BCUT2D eigenvalue weighted by Gasteiger charge is 2.16. The van der Waals surface area contributed by atoms with Crippen LogP contribution in [0.25, 0.3) is 10.1 Å². The first-order valence-corrected chi connectivity index (χ1v) is 8.16. The van der Waals surface area contributed by atoms with Gasteiger partial charge in [0.25, 0.3) is 5.91 Å². The lowest BCUT2D eigenvalue weighted by atomic mass is 10.2. The molecule has 0 saturated carbocycles. The Hall–Kier alpha value is -1.30. The highest BCUT2D eigenvalue weighted by molar-refractivity contribution is 7.21. The van der Waals surface area contributed by atoms with E-state index in [2.05, 4.69) is 12.2 Å². The minimum absolute atomic E-state index is 0.139. The molecule has 2 rings (SSSR count). The van der Waals surface area contributed by atoms with Crippen LogP contribution in [0.2, 0.25) is 5.02 Å². The van der Waals surface area contributed by atoms with Gasteiger partial charge in [-0.1, -0.05) is 18.5 Å². The molecule has 3 N–H and O–H groups in total. The van der Waals surface area contributed by atoms with Crippen molar-refractivity contribution < 1.29 is 9.53 Å². The van der Waals surface area contributed by atoms with Crippen molar-refractivity contribution in [1.29, 1.82) is 0 Å². The lowest BCUT2D eigenvalue weighted by Gasteiger charge is -2.05. The molecule has 1 aromatic heterocycles. The Bertz CT molecular complexity index is 627. The van der Waals surface area contributed by atoms with Crippen molar-refractivity contribution in [3.63, 3.8) is 0 Å². The van der Waals surface area contributed by atoms with Crippen LogP contribution >= 0.6 is 22.9 Å². The number of benzene rings is 1. The topological polar surface area (TPSA) is 64.3 Å². The van der Waals surface area contributed by atoms with Crippen LogP contribution in [0.15, 0.2) is 18.2 Å². The lowest BCUT2D eigenvalue weighted by Crippen LogP contribution is -2.25. The number of hydrogen-bond donors (Lipinski definition) is 2. The fraction of sp³-hybridized carbons (Fsp3) is 0.400. The molecule has 0 aliphatic carbocycles. The van der Waals surface area contributed by atoms with E-state index in [0.29, 0.717) is 28.7 Å². The summed E-state index contributed by atoms with van der Waals surface area (Å²) in [5, 5.41) is 4.33. The van der Waals surface area contributed by atoms with Crippen LogP contribution in [-0.4, -0.2) is 25.7 Å². The predicted molar refractivity (Wildman–Crippen MR) is 89.3 cm³/mol. The van der Waals surface area contributed by atoms with E-state index in [4.69, 9.17) is 22.1 Å². The van der Waals surface area contributed by atoms with Crippen molar-refractivity contribution in [2.24, 2.45) is 0 Å². The van der Waals surface area contributed by atoms with E-state index in [1.54, 1.807) is 12.1 Å². The van der Waals surface area contributed by atoms with E-state index < -0.39 is 0 Å². The number of thiophene rings is 1. The minimum Gasteiger partial charge on any atom is -0.397 e. The maximum absolute atomic E-state index is 12.2. The smallest absolute Gasteiger partial charge is 0.263 e. The number of nitrogen functional groups attached to an aromatic ring is 1. The molecule has 4 nitrogen and oxygen atoms in total. The van der Waals surface area contributed by atoms with E-state index in [1.807, 2.05) is 6.07 Å². The number of nitrogens with two attached hydrogens (primary N) is 1. The summed E-state index contributed by atoms with van der Waals surface area (Å²) in [6.45, 7) is 4.07. The van der Waals surface area contributed by atoms with Crippen LogP contribution < -0.4 is 11.1 Å². The fourth-order valence-corrected chi connectivity index (χ4v) is 3.15. The van der Waals surface area contributed by atoms with Crippen molar-refractivity contribution in [2.45, 2.75) is 19.8 Å². The van der Waals surface area contributed by atoms with Crippen LogP contribution in [0.4, 0.5) is 5.69 Å². The summed E-state index contributed by atoms with van der Waals surface area (Å²) in [5.74, 6) is -0.139. The van der Waals surface area contributed by atoms with Crippen LogP contribution in [0.1, 0.15) is 29.4 Å². The molecule has 0 atom stereocenters. The van der Waals surface area contributed by atoms with Gasteiger partial charge in [0, 0.05) is 34.9 Å². The van der Waals surface area contributed by atoms with Gasteiger partial charge in [0.2, 0.25) is 0 Å². The van der Waals surface area contributed by atoms with E-state index in [1.165, 1.54) is 11.3 Å². The number of amides is 1. The molecule has 0 fully saturated rings. The third kappa shape index (κ3) is 4.09. The number of fused-ring (bicyclic) bond motifs is 1. The van der Waals surface area contributed by atoms with E-state index >= 15 is 0 Å². The number of halogens is 1. The van der Waals surface area contributed by atoms with Crippen molar-refractivity contribution in [3.05, 3.63) is 28.1 Å².